The van der Waals surface area contributed by atoms with Crippen LogP contribution in [0.25, 0.3) is 0 Å². The molecule has 84 valence electrons. The summed E-state index contributed by atoms with van der Waals surface area (Å²) in [4.78, 5) is 15.1. The van der Waals surface area contributed by atoms with Crippen LogP contribution in [0.3, 0.4) is 0 Å². The van der Waals surface area contributed by atoms with Gasteiger partial charge in [0.2, 0.25) is 0 Å². The van der Waals surface area contributed by atoms with E-state index in [-0.39, 0.29) is 11.9 Å². The third kappa shape index (κ3) is 3.24. The lowest BCUT2D eigenvalue weighted by molar-refractivity contribution is -0.144. The fraction of sp³-hybridized carbons (Fsp3) is 0.364. The van der Waals surface area contributed by atoms with Crippen LogP contribution in [0, 0.1) is 17.2 Å². The van der Waals surface area contributed by atoms with Crippen molar-refractivity contribution in [2.45, 2.75) is 6.92 Å². The van der Waals surface area contributed by atoms with Gasteiger partial charge in [0, 0.05) is 6.54 Å². The largest absolute Gasteiger partial charge is 0.469 e. The predicted octanol–water partition coefficient (Wildman–Crippen LogP) is 1.17. The van der Waals surface area contributed by atoms with Crippen molar-refractivity contribution in [3.8, 4) is 6.07 Å². The van der Waals surface area contributed by atoms with Crippen molar-refractivity contribution in [2.75, 3.05) is 19.0 Å². The number of nitriles is 1. The minimum absolute atomic E-state index is 0.252. The Morgan fingerprint density at radius 1 is 1.69 bits per heavy atom. The molecule has 5 nitrogen and oxygen atoms in total. The lowest BCUT2D eigenvalue weighted by Gasteiger charge is -2.10. The molecule has 1 aromatic rings. The fourth-order valence-corrected chi connectivity index (χ4v) is 1.14. The van der Waals surface area contributed by atoms with E-state index in [0.717, 1.165) is 0 Å². The van der Waals surface area contributed by atoms with E-state index in [1.807, 2.05) is 6.07 Å². The molecule has 16 heavy (non-hydrogen) atoms. The van der Waals surface area contributed by atoms with E-state index in [1.165, 1.54) is 7.11 Å². The number of esters is 1. The van der Waals surface area contributed by atoms with Gasteiger partial charge in [-0.3, -0.25) is 4.79 Å². The van der Waals surface area contributed by atoms with Gasteiger partial charge >= 0.3 is 5.97 Å². The lowest BCUT2D eigenvalue weighted by atomic mass is 10.2. The number of aromatic nitrogens is 1. The van der Waals surface area contributed by atoms with E-state index in [2.05, 4.69) is 15.0 Å². The summed E-state index contributed by atoms with van der Waals surface area (Å²) in [5, 5.41) is 11.6. The van der Waals surface area contributed by atoms with Gasteiger partial charge in [-0.2, -0.15) is 5.26 Å². The molecule has 0 radical (unpaired) electrons. The summed E-state index contributed by atoms with van der Waals surface area (Å²) in [6.07, 6.45) is 0. The number of carbonyl (C=O) groups excluding carboxylic acids is 1. The van der Waals surface area contributed by atoms with E-state index in [9.17, 15) is 4.79 Å². The first-order valence-electron chi connectivity index (χ1n) is 4.86. The van der Waals surface area contributed by atoms with Crippen molar-refractivity contribution in [3.63, 3.8) is 0 Å². The number of nitrogens with one attached hydrogen (secondary N) is 1. The van der Waals surface area contributed by atoms with Gasteiger partial charge in [-0.25, -0.2) is 4.98 Å². The molecule has 0 saturated heterocycles. The third-order valence-electron chi connectivity index (χ3n) is 2.06. The first kappa shape index (κ1) is 12.0. The van der Waals surface area contributed by atoms with Gasteiger partial charge in [0.05, 0.1) is 13.0 Å². The zero-order valence-electron chi connectivity index (χ0n) is 9.23. The molecule has 0 bridgehead atoms. The second-order valence-electron chi connectivity index (χ2n) is 3.32. The van der Waals surface area contributed by atoms with Gasteiger partial charge in [-0.05, 0) is 12.1 Å². The third-order valence-corrected chi connectivity index (χ3v) is 2.06. The fourth-order valence-electron chi connectivity index (χ4n) is 1.14. The molecule has 1 aromatic heterocycles. The molecule has 0 aliphatic carbocycles. The number of ether oxygens (including phenoxy) is 1. The summed E-state index contributed by atoms with van der Waals surface area (Å²) in [6, 6.07) is 7.04. The standard InChI is InChI=1S/C11H13N3O2/c1-8(11(15)16-2)7-13-10-5-3-4-9(6-12)14-10/h3-5,8H,7H2,1-2H3,(H,13,14). The Morgan fingerprint density at radius 2 is 2.44 bits per heavy atom. The molecule has 1 rings (SSSR count). The highest BCUT2D eigenvalue weighted by Gasteiger charge is 2.12. The van der Waals surface area contributed by atoms with Crippen molar-refractivity contribution in [3.05, 3.63) is 23.9 Å². The SMILES string of the molecule is COC(=O)C(C)CNc1cccc(C#N)n1. The van der Waals surface area contributed by atoms with Crippen molar-refractivity contribution in [1.82, 2.24) is 4.98 Å². The van der Waals surface area contributed by atoms with Crippen LogP contribution in [-0.4, -0.2) is 24.6 Å². The highest BCUT2D eigenvalue weighted by atomic mass is 16.5. The number of methoxy groups -OCH3 is 1. The zero-order valence-corrected chi connectivity index (χ0v) is 9.23. The molecule has 0 aliphatic rings. The van der Waals surface area contributed by atoms with Gasteiger partial charge in [0.25, 0.3) is 0 Å². The smallest absolute Gasteiger partial charge is 0.310 e. The van der Waals surface area contributed by atoms with Crippen molar-refractivity contribution >= 4 is 11.8 Å². The van der Waals surface area contributed by atoms with E-state index in [4.69, 9.17) is 5.26 Å². The van der Waals surface area contributed by atoms with E-state index in [0.29, 0.717) is 18.1 Å². The average Bonchev–Trinajstić information content (AvgIpc) is 2.35. The highest BCUT2D eigenvalue weighted by molar-refractivity contribution is 5.72. The molecular weight excluding hydrogens is 206 g/mol. The Balaban J connectivity index is 2.55. The predicted molar refractivity (Wildman–Crippen MR) is 58.6 cm³/mol. The molecular formula is C11H13N3O2. The van der Waals surface area contributed by atoms with Crippen molar-refractivity contribution < 1.29 is 9.53 Å². The quantitative estimate of drug-likeness (QED) is 0.769. The minimum atomic E-state index is -0.274. The molecule has 0 amide bonds. The first-order valence-corrected chi connectivity index (χ1v) is 4.86. The normalized spacial score (nSPS) is 11.3. The number of carbonyl (C=O) groups is 1. The van der Waals surface area contributed by atoms with Gasteiger partial charge in [-0.15, -0.1) is 0 Å². The van der Waals surface area contributed by atoms with Crippen molar-refractivity contribution in [1.29, 1.82) is 5.26 Å². The molecule has 1 heterocycles. The number of hydrogen-bond acceptors (Lipinski definition) is 5. The van der Waals surface area contributed by atoms with E-state index < -0.39 is 0 Å². The second-order valence-corrected chi connectivity index (χ2v) is 3.32. The molecule has 1 unspecified atom stereocenters. The number of rotatable bonds is 4. The van der Waals surface area contributed by atoms with Gasteiger partial charge in [-0.1, -0.05) is 13.0 Å². The molecule has 0 saturated carbocycles. The maximum absolute atomic E-state index is 11.1. The topological polar surface area (TPSA) is 75.0 Å². The van der Waals surface area contributed by atoms with Crippen LogP contribution in [0.2, 0.25) is 0 Å². The maximum atomic E-state index is 11.1. The molecule has 0 aromatic carbocycles. The van der Waals surface area contributed by atoms with Crippen LogP contribution in [0.15, 0.2) is 18.2 Å². The van der Waals surface area contributed by atoms with Crippen molar-refractivity contribution in [2.24, 2.45) is 5.92 Å². The lowest BCUT2D eigenvalue weighted by Crippen LogP contribution is -2.21. The number of pyridine rings is 1. The summed E-state index contributed by atoms with van der Waals surface area (Å²) in [6.45, 7) is 2.18. The summed E-state index contributed by atoms with van der Waals surface area (Å²) >= 11 is 0. The van der Waals surface area contributed by atoms with Crippen LogP contribution in [0.1, 0.15) is 12.6 Å². The molecule has 1 N–H and O–H groups in total. The van der Waals surface area contributed by atoms with E-state index in [1.54, 1.807) is 25.1 Å². The Hall–Kier alpha value is -2.09. The molecule has 0 fully saturated rings. The number of hydrogen-bond donors (Lipinski definition) is 1. The molecule has 0 spiro atoms. The number of nitrogens with zero attached hydrogens (tertiary/aromatic N) is 2. The van der Waals surface area contributed by atoms with Crippen LogP contribution in [0.4, 0.5) is 5.82 Å². The van der Waals surface area contributed by atoms with Crippen LogP contribution < -0.4 is 5.32 Å². The molecule has 0 aliphatic heterocycles. The summed E-state index contributed by atoms with van der Waals surface area (Å²) < 4.78 is 4.59. The van der Waals surface area contributed by atoms with E-state index >= 15 is 0 Å². The first-order chi connectivity index (χ1) is 7.67. The minimum Gasteiger partial charge on any atom is -0.469 e. The van der Waals surface area contributed by atoms with Gasteiger partial charge in [0.1, 0.15) is 17.6 Å². The average molecular weight is 219 g/mol. The van der Waals surface area contributed by atoms with Crippen LogP contribution in [0.5, 0.6) is 0 Å². The zero-order chi connectivity index (χ0) is 12.0. The Kier molecular flexibility index (Phi) is 4.28. The monoisotopic (exact) mass is 219 g/mol. The Morgan fingerprint density at radius 3 is 3.06 bits per heavy atom. The Labute approximate surface area is 94.1 Å². The van der Waals surface area contributed by atoms with Crippen LogP contribution in [-0.2, 0) is 9.53 Å². The second kappa shape index (κ2) is 5.71. The Bertz CT molecular complexity index is 412. The maximum Gasteiger partial charge on any atom is 0.310 e. The molecule has 5 heteroatoms. The van der Waals surface area contributed by atoms with Gasteiger partial charge < -0.3 is 10.1 Å². The highest BCUT2D eigenvalue weighted by Crippen LogP contribution is 2.06. The summed E-state index contributed by atoms with van der Waals surface area (Å²) in [5.41, 5.74) is 0.343. The molecule has 1 atom stereocenters. The summed E-state index contributed by atoms with van der Waals surface area (Å²) in [7, 11) is 1.35. The number of anilines is 1. The van der Waals surface area contributed by atoms with Gasteiger partial charge in [0.15, 0.2) is 0 Å². The van der Waals surface area contributed by atoms with Crippen LogP contribution >= 0.6 is 0 Å². The summed E-state index contributed by atoms with van der Waals surface area (Å²) in [5.74, 6) is 0.0521.